The Hall–Kier alpha value is -3.79. The molecule has 0 heterocycles. The molecule has 0 saturated carbocycles. The molecule has 0 radical (unpaired) electrons. The van der Waals surface area contributed by atoms with Crippen molar-refractivity contribution in [2.45, 2.75) is 72.1 Å². The number of aryl methyl sites for hydroxylation is 1. The van der Waals surface area contributed by atoms with Gasteiger partial charge in [-0.25, -0.2) is 0 Å². The molecule has 2 atom stereocenters. The van der Waals surface area contributed by atoms with E-state index >= 15 is 0 Å². The molecular formula is C32H45N3O7. The van der Waals surface area contributed by atoms with E-state index in [0.717, 1.165) is 16.7 Å². The number of fused-ring (bicyclic) bond motifs is 3. The number of carbonyl (C=O) groups excluding carboxylic acids is 2. The van der Waals surface area contributed by atoms with Gasteiger partial charge in [-0.2, -0.15) is 0 Å². The zero-order valence-electron chi connectivity index (χ0n) is 26.0. The first-order valence-electron chi connectivity index (χ1n) is 14.5. The van der Waals surface area contributed by atoms with Crippen molar-refractivity contribution >= 4 is 17.5 Å². The van der Waals surface area contributed by atoms with Crippen LogP contribution in [0.3, 0.4) is 0 Å². The van der Waals surface area contributed by atoms with E-state index in [-0.39, 0.29) is 35.0 Å². The Morgan fingerprint density at radius 3 is 2.31 bits per heavy atom. The van der Waals surface area contributed by atoms with E-state index in [1.54, 1.807) is 33.5 Å². The predicted molar refractivity (Wildman–Crippen MR) is 164 cm³/mol. The van der Waals surface area contributed by atoms with Gasteiger partial charge in [-0.15, -0.1) is 0 Å². The molecule has 0 saturated heterocycles. The normalized spacial score (nSPS) is 14.8. The first kappa shape index (κ1) is 32.7. The molecule has 2 aromatic rings. The summed E-state index contributed by atoms with van der Waals surface area (Å²) >= 11 is 0. The fourth-order valence-corrected chi connectivity index (χ4v) is 5.24. The average Bonchev–Trinajstić information content (AvgIpc) is 3.18. The monoisotopic (exact) mass is 583 g/mol. The van der Waals surface area contributed by atoms with E-state index in [9.17, 15) is 14.4 Å². The maximum atomic E-state index is 13.7. The molecule has 2 amide bonds. The molecule has 0 bridgehead atoms. The van der Waals surface area contributed by atoms with Gasteiger partial charge >= 0.3 is 0 Å². The minimum absolute atomic E-state index is 0.0932. The lowest BCUT2D eigenvalue weighted by molar-refractivity contribution is -0.122. The Kier molecular flexibility index (Phi) is 11.6. The van der Waals surface area contributed by atoms with Gasteiger partial charge in [0.1, 0.15) is 6.04 Å². The van der Waals surface area contributed by atoms with Crippen LogP contribution in [-0.4, -0.2) is 58.4 Å². The number of carbonyl (C=O) groups is 2. The van der Waals surface area contributed by atoms with Gasteiger partial charge in [0.05, 0.1) is 39.2 Å². The molecule has 0 aliphatic heterocycles. The topological polar surface area (TPSA) is 124 Å². The highest BCUT2D eigenvalue weighted by molar-refractivity contribution is 5.86. The second-order valence-corrected chi connectivity index (χ2v) is 11.0. The molecule has 2 aromatic carbocycles. The molecule has 3 N–H and O–H groups in total. The maximum absolute atomic E-state index is 13.7. The molecule has 0 aromatic heterocycles. The van der Waals surface area contributed by atoms with Gasteiger partial charge < -0.3 is 34.9 Å². The van der Waals surface area contributed by atoms with Crippen LogP contribution in [0.5, 0.6) is 17.2 Å². The molecule has 10 heteroatoms. The van der Waals surface area contributed by atoms with Crippen LogP contribution in [0.2, 0.25) is 0 Å². The summed E-state index contributed by atoms with van der Waals surface area (Å²) in [5.41, 5.74) is 3.07. The highest BCUT2D eigenvalue weighted by Gasteiger charge is 2.30. The molecule has 1 aliphatic carbocycles. The molecule has 0 spiro atoms. The van der Waals surface area contributed by atoms with E-state index in [1.807, 2.05) is 39.8 Å². The Morgan fingerprint density at radius 2 is 1.71 bits per heavy atom. The van der Waals surface area contributed by atoms with Crippen molar-refractivity contribution in [2.24, 2.45) is 5.92 Å². The maximum Gasteiger partial charge on any atom is 0.242 e. The highest BCUT2D eigenvalue weighted by Crippen LogP contribution is 2.50. The number of rotatable bonds is 13. The average molecular weight is 584 g/mol. The van der Waals surface area contributed by atoms with E-state index in [1.165, 1.54) is 6.92 Å². The number of hydrogen-bond acceptors (Lipinski definition) is 8. The third-order valence-electron chi connectivity index (χ3n) is 7.25. The fourth-order valence-electron chi connectivity index (χ4n) is 5.24. The second-order valence-electron chi connectivity index (χ2n) is 11.0. The molecule has 0 fully saturated rings. The van der Waals surface area contributed by atoms with Gasteiger partial charge in [0, 0.05) is 25.6 Å². The summed E-state index contributed by atoms with van der Waals surface area (Å²) in [7, 11) is 4.67. The first-order valence-corrected chi connectivity index (χ1v) is 14.5. The van der Waals surface area contributed by atoms with Crippen molar-refractivity contribution in [1.82, 2.24) is 10.6 Å². The largest absolute Gasteiger partial charge is 0.493 e. The molecule has 0 unspecified atom stereocenters. The number of nitrogens with one attached hydrogen (secondary N) is 3. The lowest BCUT2D eigenvalue weighted by atomic mass is 9.95. The molecule has 1 aliphatic rings. The van der Waals surface area contributed by atoms with Crippen LogP contribution in [-0.2, 0) is 20.7 Å². The number of methoxy groups -OCH3 is 3. The molecule has 42 heavy (non-hydrogen) atoms. The van der Waals surface area contributed by atoms with E-state index in [4.69, 9.17) is 18.9 Å². The van der Waals surface area contributed by atoms with Crippen molar-refractivity contribution in [3.8, 4) is 28.4 Å². The number of benzene rings is 1. The summed E-state index contributed by atoms with van der Waals surface area (Å²) < 4.78 is 22.6. The van der Waals surface area contributed by atoms with Crippen LogP contribution in [0.4, 0.5) is 5.69 Å². The lowest BCUT2D eigenvalue weighted by Gasteiger charge is -2.22. The van der Waals surface area contributed by atoms with Crippen molar-refractivity contribution in [1.29, 1.82) is 0 Å². The van der Waals surface area contributed by atoms with Crippen LogP contribution < -0.4 is 35.6 Å². The predicted octanol–water partition coefficient (Wildman–Crippen LogP) is 4.23. The Morgan fingerprint density at radius 1 is 1.00 bits per heavy atom. The van der Waals surface area contributed by atoms with Crippen molar-refractivity contribution < 1.29 is 28.5 Å². The first-order chi connectivity index (χ1) is 20.0. The van der Waals surface area contributed by atoms with Crippen LogP contribution in [0, 0.1) is 5.92 Å². The number of hydrogen-bond donors (Lipinski definition) is 3. The number of anilines is 1. The Bertz CT molecular complexity index is 1330. The van der Waals surface area contributed by atoms with Crippen molar-refractivity contribution in [2.75, 3.05) is 39.8 Å². The summed E-state index contributed by atoms with van der Waals surface area (Å²) in [5, 5.41) is 9.16. The summed E-state index contributed by atoms with van der Waals surface area (Å²) in [6, 6.07) is 5.93. The minimum Gasteiger partial charge on any atom is -0.493 e. The molecular weight excluding hydrogens is 538 g/mol. The third kappa shape index (κ3) is 7.73. The third-order valence-corrected chi connectivity index (χ3v) is 7.25. The fraction of sp³-hybridized carbons (Fsp3) is 0.531. The minimum atomic E-state index is -0.636. The lowest BCUT2D eigenvalue weighted by Crippen LogP contribution is -2.44. The summed E-state index contributed by atoms with van der Waals surface area (Å²) in [5.74, 6) is 0.954. The van der Waals surface area contributed by atoms with Crippen LogP contribution >= 0.6 is 0 Å². The van der Waals surface area contributed by atoms with E-state index < -0.39 is 12.1 Å². The molecule has 3 rings (SSSR count). The molecule has 230 valence electrons. The standard InChI is InChI=1S/C32H45N3O7/c1-18(2)29(32(38)33-14-9-15-42-19(3)4)35-25-13-11-22-23(17-26(25)37)24(34-20(5)36)12-10-21-16-27(39-6)30(40-7)31(41-8)28(21)22/h11,13,16-19,24,29H,9-10,12,14-15H2,1-8H3,(H,33,38)(H,34,36)(H,35,37)/t24-,29-/m1/s1. The van der Waals surface area contributed by atoms with Gasteiger partial charge in [-0.1, -0.05) is 19.9 Å². The summed E-state index contributed by atoms with van der Waals surface area (Å²) in [6.07, 6.45) is 1.98. The van der Waals surface area contributed by atoms with Crippen LogP contribution in [0.15, 0.2) is 29.1 Å². The van der Waals surface area contributed by atoms with Crippen molar-refractivity contribution in [3.05, 3.63) is 45.6 Å². The van der Waals surface area contributed by atoms with Gasteiger partial charge in [-0.05, 0) is 73.9 Å². The Balaban J connectivity index is 2.08. The van der Waals surface area contributed by atoms with Gasteiger partial charge in [0.25, 0.3) is 0 Å². The zero-order chi connectivity index (χ0) is 31.0. The second kappa shape index (κ2) is 14.9. The van der Waals surface area contributed by atoms with Crippen LogP contribution in [0.1, 0.15) is 64.6 Å². The summed E-state index contributed by atoms with van der Waals surface area (Å²) in [6.45, 7) is 10.3. The summed E-state index contributed by atoms with van der Waals surface area (Å²) in [4.78, 5) is 39.0. The highest BCUT2D eigenvalue weighted by atomic mass is 16.5. The van der Waals surface area contributed by atoms with Gasteiger partial charge in [0.2, 0.25) is 23.0 Å². The quantitative estimate of drug-likeness (QED) is 0.299. The smallest absolute Gasteiger partial charge is 0.242 e. The van der Waals surface area contributed by atoms with E-state index in [0.29, 0.717) is 55.2 Å². The Labute approximate surface area is 248 Å². The zero-order valence-corrected chi connectivity index (χ0v) is 26.0. The van der Waals surface area contributed by atoms with Gasteiger partial charge in [0.15, 0.2) is 11.5 Å². The number of amides is 2. The number of ether oxygens (including phenoxy) is 4. The van der Waals surface area contributed by atoms with E-state index in [2.05, 4.69) is 16.0 Å². The van der Waals surface area contributed by atoms with Crippen molar-refractivity contribution in [3.63, 3.8) is 0 Å². The van der Waals surface area contributed by atoms with Gasteiger partial charge in [-0.3, -0.25) is 14.4 Å². The SMILES string of the molecule is COc1cc2c(c(OC)c1OC)-c1ccc(N[C@@H](C(=O)NCCCOC(C)C)C(C)C)c(=O)cc1[C@H](NC(C)=O)CC2. The van der Waals surface area contributed by atoms with Crippen LogP contribution in [0.25, 0.3) is 11.1 Å². The molecule has 10 nitrogen and oxygen atoms in total.